The Morgan fingerprint density at radius 1 is 1.35 bits per heavy atom. The zero-order valence-corrected chi connectivity index (χ0v) is 13.2. The first kappa shape index (κ1) is 15.0. The number of aromatic amines is 1. The molecule has 0 aliphatic carbocycles. The third kappa shape index (κ3) is 2.88. The van der Waals surface area contributed by atoms with Crippen molar-refractivity contribution in [3.63, 3.8) is 0 Å². The van der Waals surface area contributed by atoms with Crippen molar-refractivity contribution >= 4 is 11.7 Å². The summed E-state index contributed by atoms with van der Waals surface area (Å²) in [6.45, 7) is 0.682. The molecular weight excluding hydrogens is 292 g/mol. The SMILES string of the molecule is CN(C)c1ccc(C2CCCN2C(=O)c2ccc(C#N)[nH]2)nn1. The van der Waals surface area contributed by atoms with Gasteiger partial charge in [-0.05, 0) is 37.1 Å². The lowest BCUT2D eigenvalue weighted by molar-refractivity contribution is 0.0727. The monoisotopic (exact) mass is 310 g/mol. The van der Waals surface area contributed by atoms with Crippen molar-refractivity contribution in [3.8, 4) is 6.07 Å². The maximum absolute atomic E-state index is 12.7. The van der Waals surface area contributed by atoms with Gasteiger partial charge in [0.2, 0.25) is 0 Å². The maximum atomic E-state index is 12.7. The second-order valence-electron chi connectivity index (χ2n) is 5.76. The molecule has 118 valence electrons. The topological polar surface area (TPSA) is 88.9 Å². The molecule has 23 heavy (non-hydrogen) atoms. The lowest BCUT2D eigenvalue weighted by Gasteiger charge is -2.23. The van der Waals surface area contributed by atoms with Crippen LogP contribution >= 0.6 is 0 Å². The van der Waals surface area contributed by atoms with E-state index >= 15 is 0 Å². The van der Waals surface area contributed by atoms with Gasteiger partial charge >= 0.3 is 0 Å². The molecule has 1 saturated heterocycles. The van der Waals surface area contributed by atoms with Gasteiger partial charge in [-0.15, -0.1) is 5.10 Å². The lowest BCUT2D eigenvalue weighted by atomic mass is 10.1. The van der Waals surface area contributed by atoms with E-state index in [1.807, 2.05) is 37.2 Å². The van der Waals surface area contributed by atoms with Gasteiger partial charge in [0, 0.05) is 20.6 Å². The first-order valence-corrected chi connectivity index (χ1v) is 7.51. The number of H-pyrrole nitrogens is 1. The van der Waals surface area contributed by atoms with Crippen molar-refractivity contribution in [1.82, 2.24) is 20.1 Å². The van der Waals surface area contributed by atoms with Gasteiger partial charge in [-0.2, -0.15) is 10.4 Å². The summed E-state index contributed by atoms with van der Waals surface area (Å²) < 4.78 is 0. The van der Waals surface area contributed by atoms with Crippen molar-refractivity contribution in [2.45, 2.75) is 18.9 Å². The third-order valence-electron chi connectivity index (χ3n) is 4.02. The van der Waals surface area contributed by atoms with E-state index in [0.29, 0.717) is 17.9 Å². The Morgan fingerprint density at radius 3 is 2.78 bits per heavy atom. The molecule has 3 heterocycles. The van der Waals surface area contributed by atoms with E-state index in [9.17, 15) is 4.79 Å². The standard InChI is InChI=1S/C16H18N6O/c1-21(2)15-8-7-12(19-20-15)14-4-3-9-22(14)16(23)13-6-5-11(10-17)18-13/h5-8,14,18H,3-4,9H2,1-2H3. The predicted molar refractivity (Wildman–Crippen MR) is 84.9 cm³/mol. The van der Waals surface area contributed by atoms with Crippen LogP contribution in [0.1, 0.15) is 40.8 Å². The summed E-state index contributed by atoms with van der Waals surface area (Å²) in [4.78, 5) is 19.2. The van der Waals surface area contributed by atoms with Crippen LogP contribution in [-0.2, 0) is 0 Å². The number of amides is 1. The Labute approximate surface area is 134 Å². The summed E-state index contributed by atoms with van der Waals surface area (Å²) in [5, 5.41) is 17.3. The summed E-state index contributed by atoms with van der Waals surface area (Å²) in [6.07, 6.45) is 1.80. The Balaban J connectivity index is 1.82. The minimum atomic E-state index is -0.104. The fourth-order valence-electron chi connectivity index (χ4n) is 2.81. The third-order valence-corrected chi connectivity index (χ3v) is 4.02. The van der Waals surface area contributed by atoms with Gasteiger partial charge in [0.15, 0.2) is 5.82 Å². The Bertz CT molecular complexity index is 743. The highest BCUT2D eigenvalue weighted by molar-refractivity contribution is 5.93. The average Bonchev–Trinajstić information content (AvgIpc) is 3.23. The second kappa shape index (κ2) is 6.08. The first-order chi connectivity index (χ1) is 11.1. The van der Waals surface area contributed by atoms with Crippen LogP contribution in [0.15, 0.2) is 24.3 Å². The number of nitriles is 1. The molecule has 7 nitrogen and oxygen atoms in total. The molecule has 0 aromatic carbocycles. The molecule has 1 aliphatic heterocycles. The molecule has 1 amide bonds. The zero-order valence-electron chi connectivity index (χ0n) is 13.2. The van der Waals surface area contributed by atoms with Crippen LogP contribution in [0.4, 0.5) is 5.82 Å². The van der Waals surface area contributed by atoms with E-state index in [1.54, 1.807) is 17.0 Å². The Kier molecular flexibility index (Phi) is 3.98. The molecule has 7 heteroatoms. The van der Waals surface area contributed by atoms with Gasteiger partial charge in [-0.3, -0.25) is 4.79 Å². The number of nitrogens with one attached hydrogen (secondary N) is 1. The molecule has 0 saturated carbocycles. The molecule has 1 atom stereocenters. The van der Waals surface area contributed by atoms with Crippen molar-refractivity contribution in [1.29, 1.82) is 5.26 Å². The molecule has 1 unspecified atom stereocenters. The Hall–Kier alpha value is -2.88. The number of rotatable bonds is 3. The van der Waals surface area contributed by atoms with E-state index in [-0.39, 0.29) is 11.9 Å². The van der Waals surface area contributed by atoms with Crippen LogP contribution in [0.5, 0.6) is 0 Å². The van der Waals surface area contributed by atoms with Crippen LogP contribution in [0.25, 0.3) is 0 Å². The average molecular weight is 310 g/mol. The smallest absolute Gasteiger partial charge is 0.270 e. The number of likely N-dealkylation sites (tertiary alicyclic amines) is 1. The molecule has 1 aliphatic rings. The highest BCUT2D eigenvalue weighted by atomic mass is 16.2. The van der Waals surface area contributed by atoms with Crippen LogP contribution in [0.3, 0.4) is 0 Å². The van der Waals surface area contributed by atoms with E-state index < -0.39 is 0 Å². The highest BCUT2D eigenvalue weighted by Gasteiger charge is 2.32. The number of hydrogen-bond acceptors (Lipinski definition) is 5. The van der Waals surface area contributed by atoms with Gasteiger partial charge in [0.05, 0.1) is 11.7 Å². The molecule has 1 fully saturated rings. The molecule has 3 rings (SSSR count). The summed E-state index contributed by atoms with van der Waals surface area (Å²) in [7, 11) is 3.82. The number of nitrogens with zero attached hydrogens (tertiary/aromatic N) is 5. The van der Waals surface area contributed by atoms with E-state index in [1.165, 1.54) is 0 Å². The summed E-state index contributed by atoms with van der Waals surface area (Å²) in [5.41, 5.74) is 1.62. The van der Waals surface area contributed by atoms with Crippen LogP contribution in [-0.4, -0.2) is 46.6 Å². The highest BCUT2D eigenvalue weighted by Crippen LogP contribution is 2.32. The van der Waals surface area contributed by atoms with Crippen LogP contribution in [0, 0.1) is 11.3 Å². The lowest BCUT2D eigenvalue weighted by Crippen LogP contribution is -2.31. The number of hydrogen-bond donors (Lipinski definition) is 1. The van der Waals surface area contributed by atoms with E-state index in [4.69, 9.17) is 5.26 Å². The normalized spacial score (nSPS) is 17.1. The molecule has 2 aromatic heterocycles. The van der Waals surface area contributed by atoms with Gasteiger partial charge in [-0.1, -0.05) is 0 Å². The molecule has 0 radical (unpaired) electrons. The summed E-state index contributed by atoms with van der Waals surface area (Å²) >= 11 is 0. The minimum absolute atomic E-state index is 0.0694. The number of anilines is 1. The molecule has 0 spiro atoms. The maximum Gasteiger partial charge on any atom is 0.270 e. The summed E-state index contributed by atoms with van der Waals surface area (Å²) in [6, 6.07) is 9.03. The van der Waals surface area contributed by atoms with Crippen LogP contribution < -0.4 is 4.90 Å². The van der Waals surface area contributed by atoms with Crippen LogP contribution in [0.2, 0.25) is 0 Å². The minimum Gasteiger partial charge on any atom is -0.361 e. The first-order valence-electron chi connectivity index (χ1n) is 7.51. The van der Waals surface area contributed by atoms with Crippen molar-refractivity contribution in [3.05, 3.63) is 41.3 Å². The number of carbonyl (C=O) groups excluding carboxylic acids is 1. The van der Waals surface area contributed by atoms with E-state index in [0.717, 1.165) is 24.4 Å². The Morgan fingerprint density at radius 2 is 2.17 bits per heavy atom. The fourth-order valence-corrected chi connectivity index (χ4v) is 2.81. The quantitative estimate of drug-likeness (QED) is 0.932. The van der Waals surface area contributed by atoms with Gasteiger partial charge < -0.3 is 14.8 Å². The van der Waals surface area contributed by atoms with Crippen molar-refractivity contribution in [2.75, 3.05) is 25.5 Å². The predicted octanol–water partition coefficient (Wildman–Crippen LogP) is 1.72. The summed E-state index contributed by atoms with van der Waals surface area (Å²) in [5.74, 6) is 0.681. The molecular formula is C16H18N6O. The second-order valence-corrected chi connectivity index (χ2v) is 5.76. The van der Waals surface area contributed by atoms with Gasteiger partial charge in [-0.25, -0.2) is 0 Å². The number of aromatic nitrogens is 3. The molecule has 2 aromatic rings. The van der Waals surface area contributed by atoms with Gasteiger partial charge in [0.1, 0.15) is 17.5 Å². The largest absolute Gasteiger partial charge is 0.361 e. The van der Waals surface area contributed by atoms with Gasteiger partial charge in [0.25, 0.3) is 5.91 Å². The molecule has 0 bridgehead atoms. The van der Waals surface area contributed by atoms with Crippen molar-refractivity contribution < 1.29 is 4.79 Å². The fraction of sp³-hybridized carbons (Fsp3) is 0.375. The molecule has 1 N–H and O–H groups in total. The van der Waals surface area contributed by atoms with Crippen molar-refractivity contribution in [2.24, 2.45) is 0 Å². The number of carbonyl (C=O) groups is 1. The zero-order chi connectivity index (χ0) is 16.4. The van der Waals surface area contributed by atoms with E-state index in [2.05, 4.69) is 15.2 Å².